The van der Waals surface area contributed by atoms with E-state index in [2.05, 4.69) is 5.32 Å². The van der Waals surface area contributed by atoms with Crippen LogP contribution in [-0.4, -0.2) is 42.0 Å². The van der Waals surface area contributed by atoms with E-state index < -0.39 is 17.9 Å². The Balaban J connectivity index is 1.80. The number of thioether (sulfide) groups is 1. The molecule has 6 heteroatoms. The number of carbonyl (C=O) groups is 2. The average molecular weight is 281 g/mol. The van der Waals surface area contributed by atoms with Crippen LogP contribution in [0.2, 0.25) is 0 Å². The molecule has 1 aromatic rings. The van der Waals surface area contributed by atoms with Gasteiger partial charge in [-0.05, 0) is 12.1 Å². The number of carboxylic acids is 1. The predicted octanol–water partition coefficient (Wildman–Crippen LogP) is 0.995. The molecule has 0 aromatic heterocycles. The quantitative estimate of drug-likeness (QED) is 0.787. The summed E-state index contributed by atoms with van der Waals surface area (Å²) in [4.78, 5) is 23.7. The normalized spacial score (nSPS) is 22.1. The van der Waals surface area contributed by atoms with Crippen molar-refractivity contribution in [3.05, 3.63) is 30.3 Å². The Bertz CT molecular complexity index is 451. The molecule has 1 aliphatic heterocycles. The van der Waals surface area contributed by atoms with E-state index in [4.69, 9.17) is 9.84 Å². The van der Waals surface area contributed by atoms with Gasteiger partial charge in [-0.2, -0.15) is 0 Å². The lowest BCUT2D eigenvalue weighted by Gasteiger charge is -2.15. The van der Waals surface area contributed by atoms with Crippen molar-refractivity contribution in [2.75, 3.05) is 19.0 Å². The van der Waals surface area contributed by atoms with E-state index in [9.17, 15) is 9.59 Å². The second kappa shape index (κ2) is 6.58. The Morgan fingerprint density at radius 2 is 2.05 bits per heavy atom. The smallest absolute Gasteiger partial charge is 0.311 e. The number of ether oxygens (including phenoxy) is 1. The summed E-state index contributed by atoms with van der Waals surface area (Å²) in [6.45, 7) is 0.421. The molecular weight excluding hydrogens is 266 g/mol. The number of amides is 1. The molecule has 1 amide bonds. The van der Waals surface area contributed by atoms with Crippen LogP contribution in [0.1, 0.15) is 0 Å². The summed E-state index contributed by atoms with van der Waals surface area (Å²) < 4.78 is 5.09. The largest absolute Gasteiger partial charge is 0.481 e. The monoisotopic (exact) mass is 281 g/mol. The summed E-state index contributed by atoms with van der Waals surface area (Å²) in [6.07, 6.45) is 0. The lowest BCUT2D eigenvalue weighted by molar-refractivity contribution is -0.142. The molecule has 0 spiro atoms. The number of hydrogen-bond donors (Lipinski definition) is 2. The first kappa shape index (κ1) is 13.9. The number of aliphatic carboxylic acids is 1. The zero-order valence-electron chi connectivity index (χ0n) is 10.2. The van der Waals surface area contributed by atoms with Crippen molar-refractivity contribution in [3.8, 4) is 0 Å². The number of carbonyl (C=O) groups excluding carboxylic acids is 1. The lowest BCUT2D eigenvalue weighted by atomic mass is 10.0. The van der Waals surface area contributed by atoms with E-state index in [1.807, 2.05) is 30.3 Å². The number of nitrogens with one attached hydrogen (secondary N) is 1. The fraction of sp³-hybridized carbons (Fsp3) is 0.385. The first-order valence-corrected chi connectivity index (χ1v) is 6.93. The van der Waals surface area contributed by atoms with Gasteiger partial charge in [0, 0.05) is 4.90 Å². The van der Waals surface area contributed by atoms with Gasteiger partial charge >= 0.3 is 5.97 Å². The maximum Gasteiger partial charge on any atom is 0.311 e. The van der Waals surface area contributed by atoms with Gasteiger partial charge in [0.1, 0.15) is 5.92 Å². The maximum absolute atomic E-state index is 11.8. The minimum Gasteiger partial charge on any atom is -0.481 e. The molecule has 0 aliphatic carbocycles. The highest BCUT2D eigenvalue weighted by Gasteiger charge is 2.34. The molecule has 0 saturated carbocycles. The molecule has 0 bridgehead atoms. The highest BCUT2D eigenvalue weighted by Crippen LogP contribution is 2.18. The number of carboxylic acid groups (broad SMARTS) is 1. The highest BCUT2D eigenvalue weighted by molar-refractivity contribution is 8.00. The molecule has 1 heterocycles. The second-order valence-corrected chi connectivity index (χ2v) is 5.31. The van der Waals surface area contributed by atoms with E-state index in [1.54, 1.807) is 0 Å². The Hall–Kier alpha value is -1.53. The number of benzene rings is 1. The Morgan fingerprint density at radius 3 is 2.74 bits per heavy atom. The molecule has 1 aromatic carbocycles. The molecule has 2 rings (SSSR count). The maximum atomic E-state index is 11.8. The van der Waals surface area contributed by atoms with Crippen molar-refractivity contribution in [2.24, 2.45) is 5.92 Å². The van der Waals surface area contributed by atoms with Gasteiger partial charge in [0.25, 0.3) is 0 Å². The van der Waals surface area contributed by atoms with Gasteiger partial charge in [0.05, 0.1) is 25.0 Å². The SMILES string of the molecule is O=C(CSc1ccccc1)NC1COCC1C(=O)O. The van der Waals surface area contributed by atoms with Gasteiger partial charge in [-0.25, -0.2) is 0 Å². The number of hydrogen-bond acceptors (Lipinski definition) is 4. The lowest BCUT2D eigenvalue weighted by Crippen LogP contribution is -2.43. The summed E-state index contributed by atoms with van der Waals surface area (Å²) in [5, 5.41) is 11.7. The van der Waals surface area contributed by atoms with Crippen molar-refractivity contribution in [2.45, 2.75) is 10.9 Å². The average Bonchev–Trinajstić information content (AvgIpc) is 2.86. The summed E-state index contributed by atoms with van der Waals surface area (Å²) in [5.41, 5.74) is 0. The highest BCUT2D eigenvalue weighted by atomic mass is 32.2. The zero-order valence-corrected chi connectivity index (χ0v) is 11.1. The van der Waals surface area contributed by atoms with Crippen LogP contribution >= 0.6 is 11.8 Å². The standard InChI is InChI=1S/C13H15NO4S/c15-12(8-19-9-4-2-1-3-5-9)14-11-7-18-6-10(11)13(16)17/h1-5,10-11H,6-8H2,(H,14,15)(H,16,17). The summed E-state index contributed by atoms with van der Waals surface area (Å²) in [7, 11) is 0. The molecule has 19 heavy (non-hydrogen) atoms. The molecule has 2 atom stereocenters. The van der Waals surface area contributed by atoms with Crippen LogP contribution < -0.4 is 5.32 Å². The molecule has 1 aliphatic rings. The Morgan fingerprint density at radius 1 is 1.32 bits per heavy atom. The van der Waals surface area contributed by atoms with Crippen LogP contribution in [0.15, 0.2) is 35.2 Å². The van der Waals surface area contributed by atoms with Crippen molar-refractivity contribution in [1.82, 2.24) is 5.32 Å². The van der Waals surface area contributed by atoms with E-state index in [-0.39, 0.29) is 24.9 Å². The summed E-state index contributed by atoms with van der Waals surface area (Å²) in [5.74, 6) is -1.48. The predicted molar refractivity (Wildman–Crippen MR) is 71.0 cm³/mol. The molecular formula is C13H15NO4S. The Labute approximate surface area is 115 Å². The Kier molecular flexibility index (Phi) is 4.81. The van der Waals surface area contributed by atoms with Crippen LogP contribution in [-0.2, 0) is 14.3 Å². The third-order valence-electron chi connectivity index (χ3n) is 2.86. The van der Waals surface area contributed by atoms with Crippen LogP contribution in [0.5, 0.6) is 0 Å². The van der Waals surface area contributed by atoms with Gasteiger partial charge < -0.3 is 15.2 Å². The molecule has 5 nitrogen and oxygen atoms in total. The van der Waals surface area contributed by atoms with Crippen LogP contribution in [0.4, 0.5) is 0 Å². The van der Waals surface area contributed by atoms with Gasteiger partial charge in [0.15, 0.2) is 0 Å². The van der Waals surface area contributed by atoms with Crippen molar-refractivity contribution in [3.63, 3.8) is 0 Å². The zero-order chi connectivity index (χ0) is 13.7. The van der Waals surface area contributed by atoms with Crippen molar-refractivity contribution in [1.29, 1.82) is 0 Å². The minimum atomic E-state index is -0.932. The van der Waals surface area contributed by atoms with Gasteiger partial charge in [-0.3, -0.25) is 9.59 Å². The summed E-state index contributed by atoms with van der Waals surface area (Å²) in [6, 6.07) is 9.16. The molecule has 0 radical (unpaired) electrons. The van der Waals surface area contributed by atoms with Crippen LogP contribution in [0, 0.1) is 5.92 Å². The van der Waals surface area contributed by atoms with Crippen LogP contribution in [0.25, 0.3) is 0 Å². The van der Waals surface area contributed by atoms with E-state index >= 15 is 0 Å². The van der Waals surface area contributed by atoms with E-state index in [0.29, 0.717) is 0 Å². The molecule has 2 N–H and O–H groups in total. The third-order valence-corrected chi connectivity index (χ3v) is 3.87. The number of rotatable bonds is 5. The molecule has 1 saturated heterocycles. The first-order valence-electron chi connectivity index (χ1n) is 5.94. The van der Waals surface area contributed by atoms with Gasteiger partial charge in [0.2, 0.25) is 5.91 Å². The topological polar surface area (TPSA) is 75.6 Å². The van der Waals surface area contributed by atoms with E-state index in [0.717, 1.165) is 4.90 Å². The van der Waals surface area contributed by atoms with Crippen molar-refractivity contribution < 1.29 is 19.4 Å². The minimum absolute atomic E-state index is 0.159. The summed E-state index contributed by atoms with van der Waals surface area (Å²) >= 11 is 1.42. The van der Waals surface area contributed by atoms with Crippen LogP contribution in [0.3, 0.4) is 0 Å². The molecule has 2 unspecified atom stereocenters. The molecule has 1 fully saturated rings. The second-order valence-electron chi connectivity index (χ2n) is 4.26. The van der Waals surface area contributed by atoms with Gasteiger partial charge in [-0.15, -0.1) is 11.8 Å². The first-order chi connectivity index (χ1) is 9.16. The van der Waals surface area contributed by atoms with E-state index in [1.165, 1.54) is 11.8 Å². The van der Waals surface area contributed by atoms with Gasteiger partial charge in [-0.1, -0.05) is 18.2 Å². The third kappa shape index (κ3) is 3.97. The van der Waals surface area contributed by atoms with Crippen molar-refractivity contribution >= 4 is 23.6 Å². The molecule has 102 valence electrons. The fourth-order valence-corrected chi connectivity index (χ4v) is 2.58. The fourth-order valence-electron chi connectivity index (χ4n) is 1.85.